The Morgan fingerprint density at radius 2 is 1.97 bits per heavy atom. The van der Waals surface area contributed by atoms with Crippen LogP contribution in [0.15, 0.2) is 52.1 Å². The van der Waals surface area contributed by atoms with Gasteiger partial charge in [0.05, 0.1) is 12.8 Å². The SMILES string of the molecule is CCNC(=NCc1cccc(NC(=O)c2ccco2)c1)N1CCC(CC(=O)NC)CC1.I. The summed E-state index contributed by atoms with van der Waals surface area (Å²) in [6, 6.07) is 11.0. The number of benzene rings is 1. The molecule has 1 aromatic carbocycles. The molecule has 1 fully saturated rings. The number of anilines is 1. The monoisotopic (exact) mass is 553 g/mol. The second-order valence-electron chi connectivity index (χ2n) is 7.61. The Kier molecular flexibility index (Phi) is 10.5. The average Bonchev–Trinajstić information content (AvgIpc) is 3.33. The van der Waals surface area contributed by atoms with Crippen molar-refractivity contribution in [3.63, 3.8) is 0 Å². The van der Waals surface area contributed by atoms with Gasteiger partial charge in [-0.2, -0.15) is 0 Å². The lowest BCUT2D eigenvalue weighted by Gasteiger charge is -2.34. The average molecular weight is 553 g/mol. The fraction of sp³-hybridized carbons (Fsp3) is 0.435. The molecule has 0 saturated carbocycles. The van der Waals surface area contributed by atoms with Crippen LogP contribution in [0.2, 0.25) is 0 Å². The molecule has 174 valence electrons. The number of likely N-dealkylation sites (tertiary alicyclic amines) is 1. The predicted molar refractivity (Wildman–Crippen MR) is 136 cm³/mol. The largest absolute Gasteiger partial charge is 0.459 e. The molecule has 1 aromatic heterocycles. The van der Waals surface area contributed by atoms with E-state index in [2.05, 4.69) is 27.8 Å². The number of hydrogen-bond donors (Lipinski definition) is 3. The topological polar surface area (TPSA) is 99.0 Å². The van der Waals surface area contributed by atoms with Gasteiger partial charge in [0.25, 0.3) is 5.91 Å². The molecule has 2 amide bonds. The van der Waals surface area contributed by atoms with E-state index in [-0.39, 0.29) is 41.6 Å². The maximum absolute atomic E-state index is 12.2. The van der Waals surface area contributed by atoms with E-state index >= 15 is 0 Å². The van der Waals surface area contributed by atoms with Crippen molar-refractivity contribution in [3.05, 3.63) is 54.0 Å². The summed E-state index contributed by atoms with van der Waals surface area (Å²) in [6.45, 7) is 5.11. The minimum Gasteiger partial charge on any atom is -0.459 e. The number of rotatable bonds is 7. The smallest absolute Gasteiger partial charge is 0.291 e. The van der Waals surface area contributed by atoms with Gasteiger partial charge in [0.15, 0.2) is 11.7 Å². The minimum atomic E-state index is -0.279. The number of amides is 2. The first-order valence-electron chi connectivity index (χ1n) is 10.8. The van der Waals surface area contributed by atoms with Gasteiger partial charge in [0.1, 0.15) is 0 Å². The molecule has 1 saturated heterocycles. The summed E-state index contributed by atoms with van der Waals surface area (Å²) in [5.74, 6) is 1.41. The van der Waals surface area contributed by atoms with Crippen LogP contribution in [0.3, 0.4) is 0 Å². The third-order valence-electron chi connectivity index (χ3n) is 5.34. The van der Waals surface area contributed by atoms with Gasteiger partial charge in [0, 0.05) is 38.8 Å². The highest BCUT2D eigenvalue weighted by Gasteiger charge is 2.23. The Balaban J connectivity index is 0.00000363. The van der Waals surface area contributed by atoms with Gasteiger partial charge in [-0.05, 0) is 55.5 Å². The molecule has 2 aromatic rings. The normalized spacial score (nSPS) is 14.4. The van der Waals surface area contributed by atoms with Gasteiger partial charge in [-0.3, -0.25) is 9.59 Å². The van der Waals surface area contributed by atoms with Crippen LogP contribution in [-0.2, 0) is 11.3 Å². The number of guanidine groups is 1. The Bertz CT molecular complexity index is 893. The number of carbonyl (C=O) groups is 2. The molecule has 2 heterocycles. The van der Waals surface area contributed by atoms with Crippen LogP contribution in [0.4, 0.5) is 5.69 Å². The highest BCUT2D eigenvalue weighted by molar-refractivity contribution is 14.0. The predicted octanol–water partition coefficient (Wildman–Crippen LogP) is 3.46. The van der Waals surface area contributed by atoms with Crippen LogP contribution in [0.1, 0.15) is 42.3 Å². The Morgan fingerprint density at radius 3 is 2.62 bits per heavy atom. The maximum Gasteiger partial charge on any atom is 0.291 e. The highest BCUT2D eigenvalue weighted by atomic mass is 127. The fourth-order valence-corrected chi connectivity index (χ4v) is 3.65. The number of furan rings is 1. The lowest BCUT2D eigenvalue weighted by atomic mass is 9.93. The van der Waals surface area contributed by atoms with E-state index < -0.39 is 0 Å². The Hall–Kier alpha value is -2.56. The minimum absolute atomic E-state index is 0. The summed E-state index contributed by atoms with van der Waals surface area (Å²) in [6.07, 6.45) is 4.02. The van der Waals surface area contributed by atoms with E-state index in [9.17, 15) is 9.59 Å². The Labute approximate surface area is 206 Å². The van der Waals surface area contributed by atoms with E-state index in [1.165, 1.54) is 6.26 Å². The lowest BCUT2D eigenvalue weighted by Crippen LogP contribution is -2.46. The van der Waals surface area contributed by atoms with E-state index in [0.29, 0.717) is 24.6 Å². The molecular formula is C23H32IN5O3. The van der Waals surface area contributed by atoms with Gasteiger partial charge >= 0.3 is 0 Å². The van der Waals surface area contributed by atoms with Crippen LogP contribution in [0.5, 0.6) is 0 Å². The molecule has 1 aliphatic heterocycles. The van der Waals surface area contributed by atoms with Crippen molar-refractivity contribution in [2.45, 2.75) is 32.7 Å². The molecule has 3 N–H and O–H groups in total. The summed E-state index contributed by atoms with van der Waals surface area (Å²) < 4.78 is 5.14. The molecule has 9 heteroatoms. The second kappa shape index (κ2) is 13.1. The number of nitrogens with one attached hydrogen (secondary N) is 3. The number of aliphatic imine (C=N–C) groups is 1. The van der Waals surface area contributed by atoms with E-state index in [0.717, 1.165) is 44.0 Å². The molecular weight excluding hydrogens is 521 g/mol. The zero-order valence-corrected chi connectivity index (χ0v) is 20.9. The standard InChI is InChI=1S/C23H31N5O3.HI/c1-3-25-23(28-11-9-17(10-12-28)15-21(29)24-2)26-16-18-6-4-7-19(14-18)27-22(30)20-8-5-13-31-20;/h4-8,13-14,17H,3,9-12,15-16H2,1-2H3,(H,24,29)(H,25,26)(H,27,30);1H. The molecule has 32 heavy (non-hydrogen) atoms. The first-order valence-corrected chi connectivity index (χ1v) is 10.8. The van der Waals surface area contributed by atoms with Crippen LogP contribution in [0.25, 0.3) is 0 Å². The van der Waals surface area contributed by atoms with Crippen LogP contribution >= 0.6 is 24.0 Å². The fourth-order valence-electron chi connectivity index (χ4n) is 3.65. The summed E-state index contributed by atoms with van der Waals surface area (Å²) in [5, 5.41) is 8.92. The van der Waals surface area contributed by atoms with Crippen LogP contribution in [0, 0.1) is 5.92 Å². The molecule has 0 atom stereocenters. The first kappa shape index (κ1) is 25.7. The van der Waals surface area contributed by atoms with Gasteiger partial charge in [-0.15, -0.1) is 24.0 Å². The molecule has 0 aliphatic carbocycles. The van der Waals surface area contributed by atoms with E-state index in [4.69, 9.17) is 9.41 Å². The van der Waals surface area contributed by atoms with Crippen molar-refractivity contribution in [2.75, 3.05) is 32.0 Å². The summed E-state index contributed by atoms with van der Waals surface area (Å²) >= 11 is 0. The molecule has 0 radical (unpaired) electrons. The highest BCUT2D eigenvalue weighted by Crippen LogP contribution is 2.21. The first-order chi connectivity index (χ1) is 15.1. The van der Waals surface area contributed by atoms with E-state index in [1.807, 2.05) is 24.3 Å². The zero-order chi connectivity index (χ0) is 22.1. The van der Waals surface area contributed by atoms with Crippen LogP contribution < -0.4 is 16.0 Å². The zero-order valence-electron chi connectivity index (χ0n) is 18.6. The third kappa shape index (κ3) is 7.54. The second-order valence-corrected chi connectivity index (χ2v) is 7.61. The molecule has 0 spiro atoms. The number of hydrogen-bond acceptors (Lipinski definition) is 4. The molecule has 0 bridgehead atoms. The van der Waals surface area contributed by atoms with Crippen LogP contribution in [-0.4, -0.2) is 49.4 Å². The van der Waals surface area contributed by atoms with Crippen molar-refractivity contribution in [3.8, 4) is 0 Å². The summed E-state index contributed by atoms with van der Waals surface area (Å²) in [5.41, 5.74) is 1.70. The molecule has 8 nitrogen and oxygen atoms in total. The Morgan fingerprint density at radius 1 is 1.19 bits per heavy atom. The van der Waals surface area contributed by atoms with Crippen molar-refractivity contribution in [1.82, 2.24) is 15.5 Å². The number of nitrogens with zero attached hydrogens (tertiary/aromatic N) is 2. The number of piperidine rings is 1. The maximum atomic E-state index is 12.2. The van der Waals surface area contributed by atoms with Gasteiger partial charge < -0.3 is 25.3 Å². The number of carbonyl (C=O) groups excluding carboxylic acids is 2. The molecule has 1 aliphatic rings. The van der Waals surface area contributed by atoms with Crippen molar-refractivity contribution in [1.29, 1.82) is 0 Å². The van der Waals surface area contributed by atoms with Crippen molar-refractivity contribution < 1.29 is 14.0 Å². The van der Waals surface area contributed by atoms with Gasteiger partial charge in [-0.1, -0.05) is 12.1 Å². The van der Waals surface area contributed by atoms with Crippen molar-refractivity contribution >= 4 is 47.4 Å². The third-order valence-corrected chi connectivity index (χ3v) is 5.34. The summed E-state index contributed by atoms with van der Waals surface area (Å²) in [7, 11) is 1.69. The molecule has 0 unspecified atom stereocenters. The van der Waals surface area contributed by atoms with Gasteiger partial charge in [-0.25, -0.2) is 4.99 Å². The van der Waals surface area contributed by atoms with Crippen molar-refractivity contribution in [2.24, 2.45) is 10.9 Å². The summed E-state index contributed by atoms with van der Waals surface area (Å²) in [4.78, 5) is 30.9. The van der Waals surface area contributed by atoms with E-state index in [1.54, 1.807) is 19.2 Å². The van der Waals surface area contributed by atoms with Gasteiger partial charge in [0.2, 0.25) is 5.91 Å². The number of halogens is 1. The molecule has 3 rings (SSSR count). The quantitative estimate of drug-likeness (QED) is 0.277. The lowest BCUT2D eigenvalue weighted by molar-refractivity contribution is -0.121.